The SMILES string of the molecule is CCCC(CCBr)CNC(=O)c1ccc2c(c1)OCO2. The third-order valence-electron chi connectivity index (χ3n) is 3.40. The Labute approximate surface area is 128 Å². The first-order valence-corrected chi connectivity index (χ1v) is 8.10. The van der Waals surface area contributed by atoms with E-state index in [1.807, 2.05) is 0 Å². The molecule has 5 heteroatoms. The van der Waals surface area contributed by atoms with E-state index < -0.39 is 0 Å². The molecule has 1 aliphatic rings. The summed E-state index contributed by atoms with van der Waals surface area (Å²) in [5.41, 5.74) is 0.614. The van der Waals surface area contributed by atoms with Crippen LogP contribution in [0.15, 0.2) is 18.2 Å². The molecular weight excluding hydrogens is 322 g/mol. The quantitative estimate of drug-likeness (QED) is 0.773. The van der Waals surface area contributed by atoms with Crippen molar-refractivity contribution in [2.24, 2.45) is 5.92 Å². The number of halogens is 1. The zero-order valence-corrected chi connectivity index (χ0v) is 13.2. The highest BCUT2D eigenvalue weighted by molar-refractivity contribution is 9.09. The third kappa shape index (κ3) is 3.88. The zero-order chi connectivity index (χ0) is 14.4. The highest BCUT2D eigenvalue weighted by atomic mass is 79.9. The first kappa shape index (κ1) is 15.2. The Hall–Kier alpha value is -1.23. The molecule has 0 bridgehead atoms. The van der Waals surface area contributed by atoms with Crippen LogP contribution in [-0.2, 0) is 0 Å². The second kappa shape index (κ2) is 7.53. The maximum absolute atomic E-state index is 12.1. The predicted octanol–water partition coefficient (Wildman–Crippen LogP) is 3.35. The molecule has 0 aliphatic carbocycles. The molecule has 1 amide bonds. The number of carbonyl (C=O) groups is 1. The number of rotatable bonds is 7. The minimum absolute atomic E-state index is 0.0565. The number of benzene rings is 1. The molecule has 0 aromatic heterocycles. The van der Waals surface area contributed by atoms with Crippen molar-refractivity contribution in [2.75, 3.05) is 18.7 Å². The normalized spacial score (nSPS) is 14.1. The standard InChI is InChI=1S/C15H20BrNO3/c1-2-3-11(6-7-16)9-17-15(18)12-4-5-13-14(8-12)20-10-19-13/h4-5,8,11H,2-3,6-7,9-10H2,1H3,(H,17,18). The number of carbonyl (C=O) groups excluding carboxylic acids is 1. The summed E-state index contributed by atoms with van der Waals surface area (Å²) in [5.74, 6) is 1.81. The van der Waals surface area contributed by atoms with Crippen molar-refractivity contribution in [2.45, 2.75) is 26.2 Å². The van der Waals surface area contributed by atoms with Crippen LogP contribution in [0.5, 0.6) is 11.5 Å². The maximum Gasteiger partial charge on any atom is 0.251 e. The molecule has 110 valence electrons. The third-order valence-corrected chi connectivity index (χ3v) is 3.86. The van der Waals surface area contributed by atoms with Gasteiger partial charge in [-0.3, -0.25) is 4.79 Å². The van der Waals surface area contributed by atoms with Crippen LogP contribution in [0.25, 0.3) is 0 Å². The summed E-state index contributed by atoms with van der Waals surface area (Å²) in [7, 11) is 0. The molecule has 1 atom stereocenters. The van der Waals surface area contributed by atoms with Gasteiger partial charge in [0.1, 0.15) is 0 Å². The summed E-state index contributed by atoms with van der Waals surface area (Å²) in [6.07, 6.45) is 3.35. The van der Waals surface area contributed by atoms with E-state index in [2.05, 4.69) is 28.2 Å². The van der Waals surface area contributed by atoms with Gasteiger partial charge in [0.2, 0.25) is 6.79 Å². The highest BCUT2D eigenvalue weighted by Gasteiger charge is 2.16. The Morgan fingerprint density at radius 2 is 2.15 bits per heavy atom. The van der Waals surface area contributed by atoms with E-state index in [0.29, 0.717) is 29.5 Å². The largest absolute Gasteiger partial charge is 0.454 e. The molecule has 4 nitrogen and oxygen atoms in total. The molecule has 1 N–H and O–H groups in total. The molecule has 20 heavy (non-hydrogen) atoms. The lowest BCUT2D eigenvalue weighted by atomic mass is 10.0. The number of ether oxygens (including phenoxy) is 2. The first-order chi connectivity index (χ1) is 9.74. The average molecular weight is 342 g/mol. The van der Waals surface area contributed by atoms with Crippen LogP contribution in [0.3, 0.4) is 0 Å². The van der Waals surface area contributed by atoms with Gasteiger partial charge < -0.3 is 14.8 Å². The van der Waals surface area contributed by atoms with Crippen molar-refractivity contribution in [3.8, 4) is 11.5 Å². The smallest absolute Gasteiger partial charge is 0.251 e. The second-order valence-corrected chi connectivity index (χ2v) is 5.70. The first-order valence-electron chi connectivity index (χ1n) is 6.98. The van der Waals surface area contributed by atoms with Gasteiger partial charge in [-0.15, -0.1) is 0 Å². The maximum atomic E-state index is 12.1. The number of nitrogens with one attached hydrogen (secondary N) is 1. The van der Waals surface area contributed by atoms with Gasteiger partial charge >= 0.3 is 0 Å². The van der Waals surface area contributed by atoms with Crippen LogP contribution in [-0.4, -0.2) is 24.6 Å². The van der Waals surface area contributed by atoms with Crippen molar-refractivity contribution in [1.82, 2.24) is 5.32 Å². The molecule has 0 radical (unpaired) electrons. The minimum atomic E-state index is -0.0565. The summed E-state index contributed by atoms with van der Waals surface area (Å²) >= 11 is 3.46. The van der Waals surface area contributed by atoms with Crippen molar-refractivity contribution >= 4 is 21.8 Å². The van der Waals surface area contributed by atoms with Crippen LogP contribution < -0.4 is 14.8 Å². The lowest BCUT2D eigenvalue weighted by molar-refractivity contribution is 0.0945. The monoisotopic (exact) mass is 341 g/mol. The van der Waals surface area contributed by atoms with Crippen LogP contribution in [0, 0.1) is 5.92 Å². The van der Waals surface area contributed by atoms with E-state index in [9.17, 15) is 4.79 Å². The molecule has 1 unspecified atom stereocenters. The molecular formula is C15H20BrNO3. The van der Waals surface area contributed by atoms with Gasteiger partial charge in [0.15, 0.2) is 11.5 Å². The van der Waals surface area contributed by atoms with Gasteiger partial charge in [-0.2, -0.15) is 0 Å². The Bertz CT molecular complexity index is 458. The predicted molar refractivity (Wildman–Crippen MR) is 81.7 cm³/mol. The van der Waals surface area contributed by atoms with Crippen LogP contribution >= 0.6 is 15.9 Å². The van der Waals surface area contributed by atoms with Gasteiger partial charge in [-0.05, 0) is 37.0 Å². The van der Waals surface area contributed by atoms with E-state index in [0.717, 1.165) is 24.6 Å². The molecule has 1 heterocycles. The molecule has 0 saturated heterocycles. The summed E-state index contributed by atoms with van der Waals surface area (Å²) in [4.78, 5) is 12.1. The number of fused-ring (bicyclic) bond motifs is 1. The minimum Gasteiger partial charge on any atom is -0.454 e. The molecule has 1 aromatic rings. The van der Waals surface area contributed by atoms with Gasteiger partial charge in [0.25, 0.3) is 5.91 Å². The lowest BCUT2D eigenvalue weighted by Gasteiger charge is -2.15. The van der Waals surface area contributed by atoms with Crippen LogP contribution in [0.1, 0.15) is 36.5 Å². The molecule has 1 aromatic carbocycles. The van der Waals surface area contributed by atoms with Crippen molar-refractivity contribution < 1.29 is 14.3 Å². The van der Waals surface area contributed by atoms with Crippen molar-refractivity contribution in [3.63, 3.8) is 0 Å². The summed E-state index contributed by atoms with van der Waals surface area (Å²) < 4.78 is 10.5. The Morgan fingerprint density at radius 3 is 2.90 bits per heavy atom. The Balaban J connectivity index is 1.91. The number of amides is 1. The van der Waals surface area contributed by atoms with Crippen molar-refractivity contribution in [1.29, 1.82) is 0 Å². The number of hydrogen-bond donors (Lipinski definition) is 1. The second-order valence-electron chi connectivity index (χ2n) is 4.91. The topological polar surface area (TPSA) is 47.6 Å². The summed E-state index contributed by atoms with van der Waals surface area (Å²) in [6.45, 7) is 3.11. The number of alkyl halides is 1. The molecule has 0 fully saturated rings. The van der Waals surface area contributed by atoms with E-state index in [1.165, 1.54) is 0 Å². The Morgan fingerprint density at radius 1 is 1.35 bits per heavy atom. The fourth-order valence-corrected chi connectivity index (χ4v) is 2.94. The van der Waals surface area contributed by atoms with E-state index in [-0.39, 0.29) is 12.7 Å². The van der Waals surface area contributed by atoms with Gasteiger partial charge in [0, 0.05) is 17.4 Å². The lowest BCUT2D eigenvalue weighted by Crippen LogP contribution is -2.29. The molecule has 2 rings (SSSR count). The fraction of sp³-hybridized carbons (Fsp3) is 0.533. The van der Waals surface area contributed by atoms with Crippen molar-refractivity contribution in [3.05, 3.63) is 23.8 Å². The Kier molecular flexibility index (Phi) is 5.71. The van der Waals surface area contributed by atoms with Gasteiger partial charge in [0.05, 0.1) is 0 Å². The van der Waals surface area contributed by atoms with Gasteiger partial charge in [-0.25, -0.2) is 0 Å². The zero-order valence-electron chi connectivity index (χ0n) is 11.7. The average Bonchev–Trinajstić information content (AvgIpc) is 2.92. The molecule has 0 spiro atoms. The van der Waals surface area contributed by atoms with E-state index in [1.54, 1.807) is 18.2 Å². The summed E-state index contributed by atoms with van der Waals surface area (Å²) in [5, 5.41) is 3.97. The van der Waals surface area contributed by atoms with E-state index >= 15 is 0 Å². The number of hydrogen-bond acceptors (Lipinski definition) is 3. The van der Waals surface area contributed by atoms with Gasteiger partial charge in [-0.1, -0.05) is 29.3 Å². The summed E-state index contributed by atoms with van der Waals surface area (Å²) in [6, 6.07) is 5.28. The van der Waals surface area contributed by atoms with E-state index in [4.69, 9.17) is 9.47 Å². The molecule has 1 aliphatic heterocycles. The van der Waals surface area contributed by atoms with Crippen LogP contribution in [0.2, 0.25) is 0 Å². The van der Waals surface area contributed by atoms with Crippen LogP contribution in [0.4, 0.5) is 0 Å². The fourth-order valence-electron chi connectivity index (χ4n) is 2.29. The molecule has 0 saturated carbocycles. The highest BCUT2D eigenvalue weighted by Crippen LogP contribution is 2.32.